The summed E-state index contributed by atoms with van der Waals surface area (Å²) in [5, 5.41) is 3.25. The fourth-order valence-corrected chi connectivity index (χ4v) is 2.29. The fraction of sp³-hybridized carbons (Fsp3) is 0.667. The first kappa shape index (κ1) is 10.7. The Bertz CT molecular complexity index is 271. The SMILES string of the molecule is CNCC1CCN(CCc2ccco2)C1. The molecule has 1 unspecified atom stereocenters. The second kappa shape index (κ2) is 5.33. The van der Waals surface area contributed by atoms with Crippen molar-refractivity contribution in [3.8, 4) is 0 Å². The van der Waals surface area contributed by atoms with Gasteiger partial charge in [0.05, 0.1) is 6.26 Å². The largest absolute Gasteiger partial charge is 0.469 e. The van der Waals surface area contributed by atoms with Crippen molar-refractivity contribution in [2.45, 2.75) is 12.8 Å². The van der Waals surface area contributed by atoms with Gasteiger partial charge in [-0.05, 0) is 44.6 Å². The van der Waals surface area contributed by atoms with Crippen LogP contribution >= 0.6 is 0 Å². The van der Waals surface area contributed by atoms with Gasteiger partial charge in [0.2, 0.25) is 0 Å². The first-order valence-corrected chi connectivity index (χ1v) is 5.78. The number of hydrogen-bond acceptors (Lipinski definition) is 3. The Labute approximate surface area is 91.4 Å². The molecule has 0 aromatic carbocycles. The van der Waals surface area contributed by atoms with Crippen molar-refractivity contribution in [3.63, 3.8) is 0 Å². The van der Waals surface area contributed by atoms with Crippen molar-refractivity contribution in [1.29, 1.82) is 0 Å². The number of likely N-dealkylation sites (tertiary alicyclic amines) is 1. The van der Waals surface area contributed by atoms with Gasteiger partial charge in [0.25, 0.3) is 0 Å². The molecule has 1 aliphatic rings. The molecule has 84 valence electrons. The van der Waals surface area contributed by atoms with Crippen LogP contribution in [0.5, 0.6) is 0 Å². The summed E-state index contributed by atoms with van der Waals surface area (Å²) in [6.45, 7) is 4.76. The Morgan fingerprint density at radius 1 is 1.60 bits per heavy atom. The van der Waals surface area contributed by atoms with Crippen molar-refractivity contribution in [2.24, 2.45) is 5.92 Å². The number of furan rings is 1. The normalized spacial score (nSPS) is 22.3. The van der Waals surface area contributed by atoms with Gasteiger partial charge in [-0.1, -0.05) is 0 Å². The van der Waals surface area contributed by atoms with E-state index in [1.165, 1.54) is 19.5 Å². The van der Waals surface area contributed by atoms with Gasteiger partial charge in [-0.3, -0.25) is 0 Å². The topological polar surface area (TPSA) is 28.4 Å². The van der Waals surface area contributed by atoms with E-state index in [2.05, 4.69) is 16.3 Å². The van der Waals surface area contributed by atoms with E-state index >= 15 is 0 Å². The molecular weight excluding hydrogens is 188 g/mol. The minimum Gasteiger partial charge on any atom is -0.469 e. The lowest BCUT2D eigenvalue weighted by molar-refractivity contribution is 0.317. The van der Waals surface area contributed by atoms with Crippen LogP contribution in [0.1, 0.15) is 12.2 Å². The van der Waals surface area contributed by atoms with Crippen LogP contribution in [0.15, 0.2) is 22.8 Å². The molecule has 1 saturated heterocycles. The van der Waals surface area contributed by atoms with E-state index in [1.54, 1.807) is 6.26 Å². The molecule has 1 aromatic heterocycles. The Kier molecular flexibility index (Phi) is 3.80. The third-order valence-corrected chi connectivity index (χ3v) is 3.12. The highest BCUT2D eigenvalue weighted by Gasteiger charge is 2.21. The molecule has 0 spiro atoms. The molecule has 2 heterocycles. The monoisotopic (exact) mass is 208 g/mol. The maximum Gasteiger partial charge on any atom is 0.105 e. The van der Waals surface area contributed by atoms with Crippen molar-refractivity contribution < 1.29 is 4.42 Å². The van der Waals surface area contributed by atoms with E-state index in [1.807, 2.05) is 13.1 Å². The summed E-state index contributed by atoms with van der Waals surface area (Å²) in [6, 6.07) is 4.02. The van der Waals surface area contributed by atoms with E-state index in [0.717, 1.165) is 31.2 Å². The maximum atomic E-state index is 5.33. The number of nitrogens with zero attached hydrogens (tertiary/aromatic N) is 1. The van der Waals surface area contributed by atoms with Gasteiger partial charge in [0, 0.05) is 19.5 Å². The van der Waals surface area contributed by atoms with Gasteiger partial charge in [-0.25, -0.2) is 0 Å². The molecule has 2 rings (SSSR count). The van der Waals surface area contributed by atoms with E-state index < -0.39 is 0 Å². The van der Waals surface area contributed by atoms with E-state index in [0.29, 0.717) is 0 Å². The number of hydrogen-bond donors (Lipinski definition) is 1. The van der Waals surface area contributed by atoms with E-state index in [-0.39, 0.29) is 0 Å². The zero-order valence-corrected chi connectivity index (χ0v) is 9.41. The highest BCUT2D eigenvalue weighted by molar-refractivity contribution is 4.98. The van der Waals surface area contributed by atoms with Crippen LogP contribution < -0.4 is 5.32 Å². The number of nitrogens with one attached hydrogen (secondary N) is 1. The Hall–Kier alpha value is -0.800. The minimum absolute atomic E-state index is 0.839. The molecule has 3 nitrogen and oxygen atoms in total. The lowest BCUT2D eigenvalue weighted by Crippen LogP contribution is -2.26. The highest BCUT2D eigenvalue weighted by Crippen LogP contribution is 2.15. The van der Waals surface area contributed by atoms with Gasteiger partial charge in [-0.2, -0.15) is 0 Å². The first-order valence-electron chi connectivity index (χ1n) is 5.78. The third kappa shape index (κ3) is 3.08. The molecule has 0 radical (unpaired) electrons. The number of rotatable bonds is 5. The smallest absolute Gasteiger partial charge is 0.105 e. The molecule has 0 amide bonds. The zero-order chi connectivity index (χ0) is 10.5. The summed E-state index contributed by atoms with van der Waals surface area (Å²) < 4.78 is 5.33. The Morgan fingerprint density at radius 2 is 2.53 bits per heavy atom. The van der Waals surface area contributed by atoms with Crippen LogP contribution in [-0.2, 0) is 6.42 Å². The van der Waals surface area contributed by atoms with Crippen molar-refractivity contribution in [1.82, 2.24) is 10.2 Å². The third-order valence-electron chi connectivity index (χ3n) is 3.12. The summed E-state index contributed by atoms with van der Waals surface area (Å²) in [5.74, 6) is 1.94. The molecule has 0 bridgehead atoms. The van der Waals surface area contributed by atoms with Gasteiger partial charge < -0.3 is 14.6 Å². The summed E-state index contributed by atoms with van der Waals surface area (Å²) in [6.07, 6.45) is 4.13. The van der Waals surface area contributed by atoms with Gasteiger partial charge in [-0.15, -0.1) is 0 Å². The average molecular weight is 208 g/mol. The summed E-state index contributed by atoms with van der Waals surface area (Å²) in [5.41, 5.74) is 0. The molecule has 1 fully saturated rings. The van der Waals surface area contributed by atoms with Crippen LogP contribution in [0, 0.1) is 5.92 Å². The van der Waals surface area contributed by atoms with Crippen LogP contribution in [-0.4, -0.2) is 38.1 Å². The fourth-order valence-electron chi connectivity index (χ4n) is 2.29. The van der Waals surface area contributed by atoms with Crippen molar-refractivity contribution in [2.75, 3.05) is 33.2 Å². The molecule has 1 N–H and O–H groups in total. The van der Waals surface area contributed by atoms with Gasteiger partial charge in [0.15, 0.2) is 0 Å². The molecule has 0 saturated carbocycles. The molecule has 1 aromatic rings. The van der Waals surface area contributed by atoms with Crippen LogP contribution in [0.25, 0.3) is 0 Å². The summed E-state index contributed by atoms with van der Waals surface area (Å²) in [7, 11) is 2.03. The lowest BCUT2D eigenvalue weighted by atomic mass is 10.1. The van der Waals surface area contributed by atoms with E-state index in [4.69, 9.17) is 4.42 Å². The predicted octanol–water partition coefficient (Wildman–Crippen LogP) is 1.36. The summed E-state index contributed by atoms with van der Waals surface area (Å²) >= 11 is 0. The quantitative estimate of drug-likeness (QED) is 0.792. The molecular formula is C12H20N2O. The highest BCUT2D eigenvalue weighted by atomic mass is 16.3. The minimum atomic E-state index is 0.839. The van der Waals surface area contributed by atoms with Crippen molar-refractivity contribution in [3.05, 3.63) is 24.2 Å². The second-order valence-electron chi connectivity index (χ2n) is 4.34. The van der Waals surface area contributed by atoms with Crippen LogP contribution in [0.3, 0.4) is 0 Å². The van der Waals surface area contributed by atoms with Crippen LogP contribution in [0.2, 0.25) is 0 Å². The van der Waals surface area contributed by atoms with Gasteiger partial charge in [0.1, 0.15) is 5.76 Å². The first-order chi connectivity index (χ1) is 7.38. The van der Waals surface area contributed by atoms with Crippen LogP contribution in [0.4, 0.5) is 0 Å². The molecule has 0 aliphatic carbocycles. The second-order valence-corrected chi connectivity index (χ2v) is 4.34. The lowest BCUT2D eigenvalue weighted by Gasteiger charge is -2.14. The Balaban J connectivity index is 1.69. The average Bonchev–Trinajstić information content (AvgIpc) is 2.85. The molecule has 1 aliphatic heterocycles. The maximum absolute atomic E-state index is 5.33. The van der Waals surface area contributed by atoms with Gasteiger partial charge >= 0.3 is 0 Å². The summed E-state index contributed by atoms with van der Waals surface area (Å²) in [4.78, 5) is 2.53. The Morgan fingerprint density at radius 3 is 3.27 bits per heavy atom. The molecule has 3 heteroatoms. The van der Waals surface area contributed by atoms with Crippen molar-refractivity contribution >= 4 is 0 Å². The molecule has 1 atom stereocenters. The predicted molar refractivity (Wildman–Crippen MR) is 60.9 cm³/mol. The zero-order valence-electron chi connectivity index (χ0n) is 9.41. The molecule has 15 heavy (non-hydrogen) atoms. The van der Waals surface area contributed by atoms with E-state index in [9.17, 15) is 0 Å². The standard InChI is InChI=1S/C12H20N2O/c1-13-9-11-4-6-14(10-11)7-5-12-3-2-8-15-12/h2-3,8,11,13H,4-7,9-10H2,1H3.